The number of carbonyl (C=O) groups is 2. The molecule has 1 aliphatic rings. The van der Waals surface area contributed by atoms with E-state index in [1.54, 1.807) is 17.0 Å². The van der Waals surface area contributed by atoms with Crippen LogP contribution in [-0.2, 0) is 16.1 Å². The zero-order valence-corrected chi connectivity index (χ0v) is 14.8. The van der Waals surface area contributed by atoms with Gasteiger partial charge >= 0.3 is 0 Å². The Morgan fingerprint density at radius 3 is 2.61 bits per heavy atom. The van der Waals surface area contributed by atoms with Crippen LogP contribution in [0.1, 0.15) is 12.2 Å². The van der Waals surface area contributed by atoms with E-state index in [-0.39, 0.29) is 30.6 Å². The van der Waals surface area contributed by atoms with E-state index in [4.69, 9.17) is 0 Å². The van der Waals surface area contributed by atoms with Crippen molar-refractivity contribution in [2.75, 3.05) is 11.4 Å². The SMILES string of the molecule is O=C(NCc1nnnn1-c1ccc(F)cc1)[C@H]1CC(=O)N(c2ccccc2)C1. The summed E-state index contributed by atoms with van der Waals surface area (Å²) in [6.07, 6.45) is 0.156. The number of benzene rings is 2. The van der Waals surface area contributed by atoms with Crippen LogP contribution in [-0.4, -0.2) is 38.6 Å². The Morgan fingerprint density at radius 1 is 1.11 bits per heavy atom. The predicted octanol–water partition coefficient (Wildman–Crippen LogP) is 1.47. The number of nitrogens with one attached hydrogen (secondary N) is 1. The molecule has 2 amide bonds. The lowest BCUT2D eigenvalue weighted by atomic mass is 10.1. The van der Waals surface area contributed by atoms with Crippen LogP contribution in [0.2, 0.25) is 0 Å². The second-order valence-electron chi connectivity index (χ2n) is 6.44. The van der Waals surface area contributed by atoms with Crippen molar-refractivity contribution in [1.29, 1.82) is 0 Å². The first kappa shape index (κ1) is 17.8. The molecule has 0 unspecified atom stereocenters. The number of amides is 2. The Bertz CT molecular complexity index is 989. The smallest absolute Gasteiger partial charge is 0.227 e. The van der Waals surface area contributed by atoms with E-state index in [0.29, 0.717) is 18.1 Å². The molecule has 28 heavy (non-hydrogen) atoms. The highest BCUT2D eigenvalue weighted by Crippen LogP contribution is 2.24. The molecular formula is C19H17FN6O2. The molecule has 0 radical (unpaired) electrons. The van der Waals surface area contributed by atoms with Gasteiger partial charge in [-0.25, -0.2) is 4.39 Å². The number of hydrogen-bond donors (Lipinski definition) is 1. The number of para-hydroxylation sites is 1. The summed E-state index contributed by atoms with van der Waals surface area (Å²) in [5.74, 6) is -0.712. The van der Waals surface area contributed by atoms with E-state index in [0.717, 1.165) is 5.69 Å². The van der Waals surface area contributed by atoms with Crippen molar-refractivity contribution in [2.24, 2.45) is 5.92 Å². The number of aromatic nitrogens is 4. The highest BCUT2D eigenvalue weighted by molar-refractivity contribution is 6.00. The molecule has 1 saturated heterocycles. The Kier molecular flexibility index (Phi) is 4.79. The van der Waals surface area contributed by atoms with Gasteiger partial charge in [0, 0.05) is 18.7 Å². The maximum atomic E-state index is 13.1. The molecule has 0 aliphatic carbocycles. The van der Waals surface area contributed by atoms with E-state index in [2.05, 4.69) is 20.8 Å². The first-order valence-electron chi connectivity index (χ1n) is 8.78. The third kappa shape index (κ3) is 3.59. The minimum absolute atomic E-state index is 0.0810. The second-order valence-corrected chi connectivity index (χ2v) is 6.44. The summed E-state index contributed by atoms with van der Waals surface area (Å²) in [5, 5.41) is 14.2. The molecule has 3 aromatic rings. The Labute approximate surface area is 160 Å². The molecule has 1 fully saturated rings. The van der Waals surface area contributed by atoms with Crippen LogP contribution < -0.4 is 10.2 Å². The number of halogens is 1. The number of hydrogen-bond acceptors (Lipinski definition) is 5. The van der Waals surface area contributed by atoms with E-state index in [1.807, 2.05) is 30.3 Å². The van der Waals surface area contributed by atoms with E-state index >= 15 is 0 Å². The number of nitrogens with zero attached hydrogens (tertiary/aromatic N) is 5. The average molecular weight is 380 g/mol. The van der Waals surface area contributed by atoms with Crippen LogP contribution in [0, 0.1) is 11.7 Å². The van der Waals surface area contributed by atoms with E-state index in [9.17, 15) is 14.0 Å². The van der Waals surface area contributed by atoms with Crippen molar-refractivity contribution in [3.8, 4) is 5.69 Å². The lowest BCUT2D eigenvalue weighted by molar-refractivity contribution is -0.126. The normalized spacial score (nSPS) is 16.4. The molecule has 1 aromatic heterocycles. The maximum Gasteiger partial charge on any atom is 0.227 e. The van der Waals surface area contributed by atoms with Gasteiger partial charge in [-0.15, -0.1) is 5.10 Å². The molecule has 8 nitrogen and oxygen atoms in total. The van der Waals surface area contributed by atoms with Crippen LogP contribution in [0.3, 0.4) is 0 Å². The minimum atomic E-state index is -0.442. The second kappa shape index (κ2) is 7.55. The van der Waals surface area contributed by atoms with Gasteiger partial charge in [-0.05, 0) is 46.8 Å². The molecule has 4 rings (SSSR count). The zero-order valence-electron chi connectivity index (χ0n) is 14.8. The Balaban J connectivity index is 1.40. The van der Waals surface area contributed by atoms with Crippen molar-refractivity contribution in [2.45, 2.75) is 13.0 Å². The third-order valence-electron chi connectivity index (χ3n) is 4.59. The quantitative estimate of drug-likeness (QED) is 0.724. The third-order valence-corrected chi connectivity index (χ3v) is 4.59. The van der Waals surface area contributed by atoms with Gasteiger partial charge in [0.25, 0.3) is 0 Å². The highest BCUT2D eigenvalue weighted by Gasteiger charge is 2.35. The average Bonchev–Trinajstić information content (AvgIpc) is 3.34. The Morgan fingerprint density at radius 2 is 1.86 bits per heavy atom. The minimum Gasteiger partial charge on any atom is -0.348 e. The fourth-order valence-corrected chi connectivity index (χ4v) is 3.15. The van der Waals surface area contributed by atoms with Crippen molar-refractivity contribution < 1.29 is 14.0 Å². The van der Waals surface area contributed by atoms with Crippen LogP contribution in [0.5, 0.6) is 0 Å². The van der Waals surface area contributed by atoms with Crippen molar-refractivity contribution in [3.05, 3.63) is 66.2 Å². The molecule has 0 bridgehead atoms. The maximum absolute atomic E-state index is 13.1. The molecule has 1 atom stereocenters. The number of tetrazole rings is 1. The van der Waals surface area contributed by atoms with E-state index in [1.165, 1.54) is 16.8 Å². The van der Waals surface area contributed by atoms with Gasteiger partial charge in [0.05, 0.1) is 18.2 Å². The summed E-state index contributed by atoms with van der Waals surface area (Å²) < 4.78 is 14.5. The fourth-order valence-electron chi connectivity index (χ4n) is 3.15. The summed E-state index contributed by atoms with van der Waals surface area (Å²) in [6.45, 7) is 0.427. The van der Waals surface area contributed by atoms with Crippen LogP contribution >= 0.6 is 0 Å². The van der Waals surface area contributed by atoms with Gasteiger partial charge in [-0.2, -0.15) is 4.68 Å². The predicted molar refractivity (Wildman–Crippen MR) is 97.9 cm³/mol. The van der Waals surface area contributed by atoms with Crippen molar-refractivity contribution >= 4 is 17.5 Å². The fraction of sp³-hybridized carbons (Fsp3) is 0.211. The topological polar surface area (TPSA) is 93.0 Å². The molecule has 9 heteroatoms. The van der Waals surface area contributed by atoms with E-state index < -0.39 is 5.92 Å². The standard InChI is InChI=1S/C19H17FN6O2/c20-14-6-8-16(9-7-14)26-17(22-23-24-26)11-21-19(28)13-10-18(27)25(12-13)15-4-2-1-3-5-15/h1-9,13H,10-12H2,(H,21,28)/t13-/m0/s1. The Hall–Kier alpha value is -3.62. The van der Waals surface area contributed by atoms with Crippen LogP contribution in [0.25, 0.3) is 5.69 Å². The summed E-state index contributed by atoms with van der Waals surface area (Å²) in [4.78, 5) is 26.4. The lowest BCUT2D eigenvalue weighted by Crippen LogP contribution is -2.33. The molecule has 142 valence electrons. The lowest BCUT2D eigenvalue weighted by Gasteiger charge is -2.16. The van der Waals surface area contributed by atoms with Crippen LogP contribution in [0.15, 0.2) is 54.6 Å². The molecule has 1 aliphatic heterocycles. The van der Waals surface area contributed by atoms with Crippen molar-refractivity contribution in [3.63, 3.8) is 0 Å². The van der Waals surface area contributed by atoms with Gasteiger partial charge in [0.2, 0.25) is 11.8 Å². The number of carbonyl (C=O) groups excluding carboxylic acids is 2. The van der Waals surface area contributed by atoms with Gasteiger partial charge in [-0.1, -0.05) is 18.2 Å². The molecular weight excluding hydrogens is 363 g/mol. The summed E-state index contributed by atoms with van der Waals surface area (Å²) >= 11 is 0. The first-order chi connectivity index (χ1) is 13.6. The molecule has 2 heterocycles. The van der Waals surface area contributed by atoms with Crippen LogP contribution in [0.4, 0.5) is 10.1 Å². The molecule has 1 N–H and O–H groups in total. The monoisotopic (exact) mass is 380 g/mol. The van der Waals surface area contributed by atoms with Gasteiger partial charge in [-0.3, -0.25) is 9.59 Å². The highest BCUT2D eigenvalue weighted by atomic mass is 19.1. The summed E-state index contributed by atoms with van der Waals surface area (Å²) in [5.41, 5.74) is 1.37. The summed E-state index contributed by atoms with van der Waals surface area (Å²) in [7, 11) is 0. The number of rotatable bonds is 5. The summed E-state index contributed by atoms with van der Waals surface area (Å²) in [6, 6.07) is 15.0. The molecule has 2 aromatic carbocycles. The first-order valence-corrected chi connectivity index (χ1v) is 8.78. The number of anilines is 1. The van der Waals surface area contributed by atoms with Crippen molar-refractivity contribution in [1.82, 2.24) is 25.5 Å². The largest absolute Gasteiger partial charge is 0.348 e. The molecule has 0 spiro atoms. The molecule has 0 saturated carbocycles. The van der Waals surface area contributed by atoms with Gasteiger partial charge < -0.3 is 10.2 Å². The zero-order chi connectivity index (χ0) is 19.5. The van der Waals surface area contributed by atoms with Gasteiger partial charge in [0.1, 0.15) is 5.82 Å². The van der Waals surface area contributed by atoms with Gasteiger partial charge in [0.15, 0.2) is 5.82 Å².